The molecule has 10 heteroatoms. The van der Waals surface area contributed by atoms with E-state index in [0.29, 0.717) is 44.8 Å². The van der Waals surface area contributed by atoms with Gasteiger partial charge in [0.1, 0.15) is 6.07 Å². The van der Waals surface area contributed by atoms with E-state index in [1.165, 1.54) is 12.1 Å². The number of aromatic nitrogens is 2. The molecular weight excluding hydrogens is 397 g/mol. The van der Waals surface area contributed by atoms with Crippen molar-refractivity contribution in [2.45, 2.75) is 19.0 Å². The van der Waals surface area contributed by atoms with Gasteiger partial charge in [-0.2, -0.15) is 18.4 Å². The molecule has 1 aliphatic heterocycles. The highest BCUT2D eigenvalue weighted by atomic mass is 19.4. The summed E-state index contributed by atoms with van der Waals surface area (Å²) in [5.41, 5.74) is 0.395. The summed E-state index contributed by atoms with van der Waals surface area (Å²) in [4.78, 5) is 21.4. The van der Waals surface area contributed by atoms with E-state index >= 15 is 0 Å². The van der Waals surface area contributed by atoms with E-state index in [-0.39, 0.29) is 23.1 Å². The molecule has 7 nitrogen and oxygen atoms in total. The summed E-state index contributed by atoms with van der Waals surface area (Å²) >= 11 is 0. The molecule has 1 fully saturated rings. The molecule has 158 valence electrons. The lowest BCUT2D eigenvalue weighted by Crippen LogP contribution is -2.35. The fraction of sp³-hybridized carbons (Fsp3) is 0.400. The van der Waals surface area contributed by atoms with Crippen LogP contribution >= 0.6 is 0 Å². The van der Waals surface area contributed by atoms with Gasteiger partial charge in [-0.25, -0.2) is 14.8 Å². The number of aryl methyl sites for hydroxylation is 1. The molecule has 2 amide bonds. The zero-order valence-corrected chi connectivity index (χ0v) is 16.2. The van der Waals surface area contributed by atoms with Crippen molar-refractivity contribution in [2.24, 2.45) is 0 Å². The number of alkyl halides is 3. The number of hydrogen-bond acceptors (Lipinski definition) is 5. The summed E-state index contributed by atoms with van der Waals surface area (Å²) in [6.45, 7) is 3.34. The second-order valence-electron chi connectivity index (χ2n) is 6.83. The predicted molar refractivity (Wildman–Crippen MR) is 103 cm³/mol. The van der Waals surface area contributed by atoms with Crippen LogP contribution in [0.5, 0.6) is 0 Å². The molecule has 2 aromatic rings. The first-order chi connectivity index (χ1) is 14.4. The third kappa shape index (κ3) is 5.67. The minimum atomic E-state index is -4.45. The summed E-state index contributed by atoms with van der Waals surface area (Å²) in [5.74, 6) is -0.0760. The normalized spacial score (nSPS) is 13.9. The highest BCUT2D eigenvalue weighted by molar-refractivity contribution is 5.76. The third-order valence-electron chi connectivity index (χ3n) is 4.65. The van der Waals surface area contributed by atoms with Gasteiger partial charge in [-0.3, -0.25) is 0 Å². The highest BCUT2D eigenvalue weighted by Crippen LogP contribution is 2.31. The lowest BCUT2D eigenvalue weighted by Gasteiger charge is -2.14. The number of urea groups is 1. The Bertz CT molecular complexity index is 941. The molecule has 0 aliphatic carbocycles. The van der Waals surface area contributed by atoms with Gasteiger partial charge >= 0.3 is 12.2 Å². The molecule has 1 saturated heterocycles. The van der Waals surface area contributed by atoms with Gasteiger partial charge in [0, 0.05) is 37.4 Å². The smallest absolute Gasteiger partial charge is 0.336 e. The molecule has 1 aromatic carbocycles. The van der Waals surface area contributed by atoms with Gasteiger partial charge in [-0.15, -0.1) is 0 Å². The van der Waals surface area contributed by atoms with Gasteiger partial charge in [-0.1, -0.05) is 12.1 Å². The van der Waals surface area contributed by atoms with E-state index < -0.39 is 11.7 Å². The van der Waals surface area contributed by atoms with Gasteiger partial charge in [0.25, 0.3) is 0 Å². The van der Waals surface area contributed by atoms with Crippen molar-refractivity contribution in [1.82, 2.24) is 25.5 Å². The number of nitriles is 1. The average molecular weight is 418 g/mol. The molecule has 30 heavy (non-hydrogen) atoms. The van der Waals surface area contributed by atoms with E-state index in [2.05, 4.69) is 20.6 Å². The monoisotopic (exact) mass is 418 g/mol. The minimum absolute atomic E-state index is 0.0519. The number of rotatable bonds is 8. The first kappa shape index (κ1) is 21.5. The van der Waals surface area contributed by atoms with Gasteiger partial charge in [0.2, 0.25) is 5.82 Å². The van der Waals surface area contributed by atoms with Crippen molar-refractivity contribution in [3.8, 4) is 17.3 Å². The average Bonchev–Trinajstić information content (AvgIpc) is 3.14. The Hall–Kier alpha value is -3.19. The van der Waals surface area contributed by atoms with Gasteiger partial charge in [-0.05, 0) is 37.6 Å². The quantitative estimate of drug-likeness (QED) is 0.643. The molecular formula is C20H21F3N6O. The fourth-order valence-corrected chi connectivity index (χ4v) is 3.14. The Labute approximate surface area is 171 Å². The van der Waals surface area contributed by atoms with Crippen LogP contribution in [0.3, 0.4) is 0 Å². The van der Waals surface area contributed by atoms with Crippen molar-refractivity contribution in [1.29, 1.82) is 5.26 Å². The Balaban J connectivity index is 1.58. The third-order valence-corrected chi connectivity index (χ3v) is 4.65. The van der Waals surface area contributed by atoms with E-state index in [0.717, 1.165) is 18.6 Å². The van der Waals surface area contributed by atoms with Crippen LogP contribution in [0.2, 0.25) is 0 Å². The molecule has 0 atom stereocenters. The van der Waals surface area contributed by atoms with Gasteiger partial charge in [0.05, 0.1) is 11.3 Å². The highest BCUT2D eigenvalue weighted by Gasteiger charge is 2.30. The number of halogens is 3. The maximum Gasteiger partial charge on any atom is 0.416 e. The summed E-state index contributed by atoms with van der Waals surface area (Å²) in [6, 6.07) is 8.28. The lowest BCUT2D eigenvalue weighted by atomic mass is 10.1. The molecule has 0 bridgehead atoms. The maximum atomic E-state index is 13.0. The number of amides is 2. The number of carbonyl (C=O) groups excluding carboxylic acids is 1. The van der Waals surface area contributed by atoms with Crippen LogP contribution in [-0.4, -0.2) is 53.6 Å². The lowest BCUT2D eigenvalue weighted by molar-refractivity contribution is -0.137. The van der Waals surface area contributed by atoms with E-state index in [1.54, 1.807) is 11.0 Å². The number of benzene rings is 1. The Morgan fingerprint density at radius 2 is 2.07 bits per heavy atom. The van der Waals surface area contributed by atoms with Crippen molar-refractivity contribution < 1.29 is 18.0 Å². The van der Waals surface area contributed by atoms with Crippen LogP contribution in [-0.2, 0) is 12.6 Å². The Morgan fingerprint density at radius 1 is 1.23 bits per heavy atom. The van der Waals surface area contributed by atoms with Crippen LogP contribution < -0.4 is 10.6 Å². The Morgan fingerprint density at radius 3 is 2.77 bits per heavy atom. The molecule has 0 spiro atoms. The SMILES string of the molecule is N#Cc1nc(CCCNCCN2CCNC2=O)cc(-c2cccc(C(F)(F)F)c2)n1. The summed E-state index contributed by atoms with van der Waals surface area (Å²) in [6.07, 6.45) is -3.19. The van der Waals surface area contributed by atoms with E-state index in [4.69, 9.17) is 0 Å². The van der Waals surface area contributed by atoms with Crippen molar-refractivity contribution in [3.05, 3.63) is 47.4 Å². The fourth-order valence-electron chi connectivity index (χ4n) is 3.14. The Kier molecular flexibility index (Phi) is 6.84. The second-order valence-corrected chi connectivity index (χ2v) is 6.83. The van der Waals surface area contributed by atoms with Gasteiger partial charge < -0.3 is 15.5 Å². The topological polar surface area (TPSA) is 93.9 Å². The molecule has 0 saturated carbocycles. The summed E-state index contributed by atoms with van der Waals surface area (Å²) in [5, 5.41) is 15.2. The van der Waals surface area contributed by atoms with Crippen molar-refractivity contribution in [2.75, 3.05) is 32.7 Å². The second kappa shape index (κ2) is 9.54. The molecule has 0 unspecified atom stereocenters. The molecule has 2 heterocycles. The van der Waals surface area contributed by atoms with Crippen LogP contribution in [0.15, 0.2) is 30.3 Å². The minimum Gasteiger partial charge on any atom is -0.336 e. The molecule has 0 radical (unpaired) electrons. The first-order valence-corrected chi connectivity index (χ1v) is 9.56. The van der Waals surface area contributed by atoms with Crippen molar-refractivity contribution in [3.63, 3.8) is 0 Å². The van der Waals surface area contributed by atoms with Crippen molar-refractivity contribution >= 4 is 6.03 Å². The number of hydrogen-bond donors (Lipinski definition) is 2. The van der Waals surface area contributed by atoms with E-state index in [9.17, 15) is 23.2 Å². The molecule has 3 rings (SSSR count). The number of nitrogens with zero attached hydrogens (tertiary/aromatic N) is 4. The first-order valence-electron chi connectivity index (χ1n) is 9.56. The van der Waals surface area contributed by atoms with Crippen LogP contribution in [0.4, 0.5) is 18.0 Å². The molecule has 1 aromatic heterocycles. The number of nitrogens with one attached hydrogen (secondary N) is 2. The van der Waals surface area contributed by atoms with Crippen LogP contribution in [0.25, 0.3) is 11.3 Å². The molecule has 2 N–H and O–H groups in total. The zero-order valence-electron chi connectivity index (χ0n) is 16.2. The standard InChI is InChI=1S/C20H21F3N6O/c21-20(22,23)15-4-1-3-14(11-15)17-12-16(27-18(13-24)28-17)5-2-6-25-7-9-29-10-8-26-19(29)30/h1,3-4,11-12,25H,2,5-10H2,(H,26,30). The summed E-state index contributed by atoms with van der Waals surface area (Å²) in [7, 11) is 0. The zero-order chi connectivity index (χ0) is 21.6. The van der Waals surface area contributed by atoms with Gasteiger partial charge in [0.15, 0.2) is 0 Å². The van der Waals surface area contributed by atoms with Crippen LogP contribution in [0, 0.1) is 11.3 Å². The maximum absolute atomic E-state index is 13.0. The summed E-state index contributed by atoms with van der Waals surface area (Å²) < 4.78 is 38.9. The predicted octanol–water partition coefficient (Wildman–Crippen LogP) is 2.58. The van der Waals surface area contributed by atoms with Crippen LogP contribution in [0.1, 0.15) is 23.5 Å². The van der Waals surface area contributed by atoms with E-state index in [1.807, 2.05) is 6.07 Å². The largest absolute Gasteiger partial charge is 0.416 e. The number of carbonyl (C=O) groups is 1. The molecule has 1 aliphatic rings.